The van der Waals surface area contributed by atoms with Gasteiger partial charge in [0.25, 0.3) is 5.91 Å². The van der Waals surface area contributed by atoms with Crippen LogP contribution >= 0.6 is 0 Å². The second kappa shape index (κ2) is 6.57. The van der Waals surface area contributed by atoms with E-state index in [0.717, 1.165) is 36.9 Å². The Hall–Kier alpha value is -2.10. The molecule has 3 rings (SSSR count). The van der Waals surface area contributed by atoms with Crippen molar-refractivity contribution < 1.29 is 9.59 Å². The Labute approximate surface area is 137 Å². The van der Waals surface area contributed by atoms with E-state index in [4.69, 9.17) is 0 Å². The van der Waals surface area contributed by atoms with E-state index in [9.17, 15) is 9.59 Å². The molecule has 1 aromatic carbocycles. The smallest absolute Gasteiger partial charge is 0.295 e. The lowest BCUT2D eigenvalue weighted by Gasteiger charge is -2.30. The van der Waals surface area contributed by atoms with Crippen LogP contribution < -0.4 is 4.90 Å². The molecule has 0 atom stereocenters. The first-order chi connectivity index (χ1) is 11.1. The first kappa shape index (κ1) is 15.8. The van der Waals surface area contributed by atoms with Crippen LogP contribution in [0.3, 0.4) is 0 Å². The van der Waals surface area contributed by atoms with Crippen LogP contribution in [0.15, 0.2) is 29.8 Å². The minimum absolute atomic E-state index is 0.252. The second-order valence-electron chi connectivity index (χ2n) is 6.71. The number of anilines is 1. The highest BCUT2D eigenvalue weighted by Gasteiger charge is 2.38. The van der Waals surface area contributed by atoms with Gasteiger partial charge in [-0.25, -0.2) is 0 Å². The molecule has 1 saturated heterocycles. The van der Waals surface area contributed by atoms with Gasteiger partial charge in [-0.1, -0.05) is 31.4 Å². The lowest BCUT2D eigenvalue weighted by molar-refractivity contribution is -0.140. The van der Waals surface area contributed by atoms with Crippen LogP contribution in [0.1, 0.15) is 37.7 Å². The third kappa shape index (κ3) is 3.31. The van der Waals surface area contributed by atoms with Crippen LogP contribution in [0.2, 0.25) is 0 Å². The van der Waals surface area contributed by atoms with Crippen molar-refractivity contribution in [3.8, 4) is 0 Å². The van der Waals surface area contributed by atoms with Crippen molar-refractivity contribution >= 4 is 23.5 Å². The monoisotopic (exact) mass is 312 g/mol. The Bertz CT molecular complexity index is 625. The number of benzene rings is 1. The van der Waals surface area contributed by atoms with Crippen LogP contribution in [0.4, 0.5) is 5.69 Å². The van der Waals surface area contributed by atoms with Gasteiger partial charge in [0.1, 0.15) is 0 Å². The topological polar surface area (TPSA) is 40.6 Å². The number of nitrogens with zero attached hydrogens (tertiary/aromatic N) is 2. The van der Waals surface area contributed by atoms with E-state index in [1.54, 1.807) is 4.90 Å². The van der Waals surface area contributed by atoms with Crippen LogP contribution in [-0.4, -0.2) is 43.3 Å². The van der Waals surface area contributed by atoms with Crippen molar-refractivity contribution in [2.45, 2.75) is 38.1 Å². The molecule has 2 aliphatic rings. The Morgan fingerprint density at radius 1 is 1.04 bits per heavy atom. The molecule has 1 aliphatic heterocycles. The minimum atomic E-state index is -0.327. The molecule has 2 fully saturated rings. The summed E-state index contributed by atoms with van der Waals surface area (Å²) >= 11 is 0. The third-order valence-electron chi connectivity index (χ3n) is 4.85. The van der Waals surface area contributed by atoms with E-state index in [2.05, 4.69) is 0 Å². The van der Waals surface area contributed by atoms with Gasteiger partial charge in [0.2, 0.25) is 5.78 Å². The third-order valence-corrected chi connectivity index (χ3v) is 4.85. The largest absolute Gasteiger partial charge is 0.378 e. The van der Waals surface area contributed by atoms with Gasteiger partial charge in [-0.05, 0) is 36.6 Å². The molecule has 0 N–H and O–H groups in total. The predicted octanol–water partition coefficient (Wildman–Crippen LogP) is 2.88. The zero-order valence-electron chi connectivity index (χ0n) is 13.9. The van der Waals surface area contributed by atoms with Gasteiger partial charge in [-0.2, -0.15) is 0 Å². The molecule has 1 heterocycles. The Balaban J connectivity index is 1.77. The maximum Gasteiger partial charge on any atom is 0.295 e. The van der Waals surface area contributed by atoms with Crippen molar-refractivity contribution in [3.63, 3.8) is 0 Å². The second-order valence-corrected chi connectivity index (χ2v) is 6.71. The van der Waals surface area contributed by atoms with E-state index >= 15 is 0 Å². The Kier molecular flexibility index (Phi) is 4.51. The summed E-state index contributed by atoms with van der Waals surface area (Å²) in [6.45, 7) is 0.470. The van der Waals surface area contributed by atoms with E-state index in [1.165, 1.54) is 6.42 Å². The maximum absolute atomic E-state index is 12.3. The fourth-order valence-corrected chi connectivity index (χ4v) is 3.46. The molecular formula is C19H24N2O2. The summed E-state index contributed by atoms with van der Waals surface area (Å²) in [4.78, 5) is 28.4. The summed E-state index contributed by atoms with van der Waals surface area (Å²) in [6, 6.07) is 8.27. The number of amides is 1. The van der Waals surface area contributed by atoms with Crippen molar-refractivity contribution in [3.05, 3.63) is 35.4 Å². The SMILES string of the molecule is CN(C)c1ccc(C=C2CN(C3CCCCC3)C(=O)C2=O)cc1. The molecule has 4 heteroatoms. The van der Waals surface area contributed by atoms with Crippen molar-refractivity contribution in [1.29, 1.82) is 0 Å². The fourth-order valence-electron chi connectivity index (χ4n) is 3.46. The number of carbonyl (C=O) groups is 2. The fraction of sp³-hybridized carbons (Fsp3) is 0.474. The molecule has 0 unspecified atom stereocenters. The highest BCUT2D eigenvalue weighted by Crippen LogP contribution is 2.28. The van der Waals surface area contributed by atoms with Crippen molar-refractivity contribution in [2.24, 2.45) is 0 Å². The van der Waals surface area contributed by atoms with Crippen LogP contribution in [-0.2, 0) is 9.59 Å². The minimum Gasteiger partial charge on any atom is -0.378 e. The van der Waals surface area contributed by atoms with Gasteiger partial charge in [0.05, 0.1) is 6.54 Å². The van der Waals surface area contributed by atoms with Crippen molar-refractivity contribution in [2.75, 3.05) is 25.5 Å². The molecule has 0 aromatic heterocycles. The summed E-state index contributed by atoms with van der Waals surface area (Å²) in [5.74, 6) is -0.639. The van der Waals surface area contributed by atoms with E-state index in [-0.39, 0.29) is 17.7 Å². The molecule has 4 nitrogen and oxygen atoms in total. The standard InChI is InChI=1S/C19H24N2O2/c1-20(2)16-10-8-14(9-11-16)12-15-13-21(19(23)18(15)22)17-6-4-3-5-7-17/h8-12,17H,3-7,13H2,1-2H3. The van der Waals surface area contributed by atoms with Gasteiger partial charge in [-0.15, -0.1) is 0 Å². The van der Waals surface area contributed by atoms with E-state index < -0.39 is 0 Å². The lowest BCUT2D eigenvalue weighted by atomic mass is 9.94. The van der Waals surface area contributed by atoms with Gasteiger partial charge >= 0.3 is 0 Å². The number of carbonyl (C=O) groups excluding carboxylic acids is 2. The molecule has 1 aromatic rings. The average Bonchev–Trinajstić information content (AvgIpc) is 2.85. The molecule has 1 aliphatic carbocycles. The molecule has 122 valence electrons. The van der Waals surface area contributed by atoms with Gasteiger partial charge < -0.3 is 9.80 Å². The van der Waals surface area contributed by atoms with Gasteiger partial charge in [-0.3, -0.25) is 9.59 Å². The normalized spacial score (nSPS) is 21.3. The van der Waals surface area contributed by atoms with Crippen LogP contribution in [0.25, 0.3) is 6.08 Å². The first-order valence-corrected chi connectivity index (χ1v) is 8.39. The van der Waals surface area contributed by atoms with Crippen LogP contribution in [0.5, 0.6) is 0 Å². The molecular weight excluding hydrogens is 288 g/mol. The quantitative estimate of drug-likeness (QED) is 0.636. The zero-order valence-corrected chi connectivity index (χ0v) is 13.9. The number of likely N-dealkylation sites (tertiary alicyclic amines) is 1. The molecule has 0 spiro atoms. The summed E-state index contributed by atoms with van der Waals surface area (Å²) in [5.41, 5.74) is 2.71. The number of rotatable bonds is 3. The molecule has 0 radical (unpaired) electrons. The van der Waals surface area contributed by atoms with E-state index in [0.29, 0.717) is 12.1 Å². The average molecular weight is 312 g/mol. The number of Topliss-reactive ketones (excluding diaryl/α,β-unsaturated/α-hetero) is 1. The highest BCUT2D eigenvalue weighted by molar-refractivity contribution is 6.46. The molecule has 1 amide bonds. The summed E-state index contributed by atoms with van der Waals surface area (Å²) in [6.07, 6.45) is 7.49. The number of ketones is 1. The van der Waals surface area contributed by atoms with Gasteiger partial charge in [0, 0.05) is 31.4 Å². The van der Waals surface area contributed by atoms with Gasteiger partial charge in [0.15, 0.2) is 0 Å². The molecule has 0 bridgehead atoms. The predicted molar refractivity (Wildman–Crippen MR) is 92.3 cm³/mol. The molecule has 23 heavy (non-hydrogen) atoms. The van der Waals surface area contributed by atoms with Crippen LogP contribution in [0, 0.1) is 0 Å². The summed E-state index contributed by atoms with van der Waals surface area (Å²) in [5, 5.41) is 0. The van der Waals surface area contributed by atoms with Crippen molar-refractivity contribution in [1.82, 2.24) is 4.90 Å². The van der Waals surface area contributed by atoms with E-state index in [1.807, 2.05) is 49.3 Å². The number of hydrogen-bond acceptors (Lipinski definition) is 3. The Morgan fingerprint density at radius 2 is 1.70 bits per heavy atom. The zero-order chi connectivity index (χ0) is 16.4. The maximum atomic E-state index is 12.3. The number of hydrogen-bond donors (Lipinski definition) is 0. The first-order valence-electron chi connectivity index (χ1n) is 8.39. The Morgan fingerprint density at radius 3 is 2.30 bits per heavy atom. The highest BCUT2D eigenvalue weighted by atomic mass is 16.2. The summed E-state index contributed by atoms with van der Waals surface area (Å²) in [7, 11) is 3.99. The molecule has 1 saturated carbocycles. The summed E-state index contributed by atoms with van der Waals surface area (Å²) < 4.78 is 0. The lowest BCUT2D eigenvalue weighted by Crippen LogP contribution is -2.38.